The van der Waals surface area contributed by atoms with E-state index in [0.29, 0.717) is 10.6 Å². The summed E-state index contributed by atoms with van der Waals surface area (Å²) in [5.41, 5.74) is 0.552. The van der Waals surface area contributed by atoms with Gasteiger partial charge in [0.25, 0.3) is 5.91 Å². The van der Waals surface area contributed by atoms with Crippen molar-refractivity contribution in [3.05, 3.63) is 15.8 Å². The van der Waals surface area contributed by atoms with Crippen molar-refractivity contribution >= 4 is 28.8 Å². The van der Waals surface area contributed by atoms with Crippen molar-refractivity contribution in [2.45, 2.75) is 33.1 Å². The molecule has 1 aromatic rings. The first kappa shape index (κ1) is 13.7. The minimum atomic E-state index is -0.173. The number of amides is 2. The van der Waals surface area contributed by atoms with Crippen LogP contribution in [0, 0.1) is 0 Å². The topological polar surface area (TPSA) is 58.2 Å². The molecule has 0 saturated heterocycles. The van der Waals surface area contributed by atoms with E-state index in [1.165, 1.54) is 18.3 Å². The summed E-state index contributed by atoms with van der Waals surface area (Å²) >= 11 is 1.41. The summed E-state index contributed by atoms with van der Waals surface area (Å²) in [5, 5.41) is 5.27. The van der Waals surface area contributed by atoms with Crippen LogP contribution < -0.4 is 10.6 Å². The molecule has 2 amide bonds. The largest absolute Gasteiger partial charge is 0.354 e. The normalized spacial score (nSPS) is 11.1. The average molecular weight is 254 g/mol. The van der Waals surface area contributed by atoms with Gasteiger partial charge in [0.2, 0.25) is 5.91 Å². The van der Waals surface area contributed by atoms with Crippen molar-refractivity contribution in [2.24, 2.45) is 0 Å². The van der Waals surface area contributed by atoms with E-state index in [4.69, 9.17) is 0 Å². The maximum atomic E-state index is 11.7. The summed E-state index contributed by atoms with van der Waals surface area (Å²) in [7, 11) is 1.58. The molecule has 1 heterocycles. The van der Waals surface area contributed by atoms with Gasteiger partial charge in [-0.05, 0) is 11.5 Å². The van der Waals surface area contributed by atoms with Crippen molar-refractivity contribution in [1.82, 2.24) is 5.32 Å². The van der Waals surface area contributed by atoms with E-state index in [0.717, 1.165) is 4.88 Å². The van der Waals surface area contributed by atoms with Crippen LogP contribution in [0.3, 0.4) is 0 Å². The zero-order chi connectivity index (χ0) is 13.2. The number of nitrogens with one attached hydrogen (secondary N) is 2. The van der Waals surface area contributed by atoms with Crippen molar-refractivity contribution in [3.8, 4) is 0 Å². The van der Waals surface area contributed by atoms with Crippen molar-refractivity contribution in [2.75, 3.05) is 12.4 Å². The van der Waals surface area contributed by atoms with Crippen LogP contribution in [-0.4, -0.2) is 18.9 Å². The highest BCUT2D eigenvalue weighted by Gasteiger charge is 2.22. The molecule has 1 rings (SSSR count). The molecule has 0 aliphatic carbocycles. The summed E-state index contributed by atoms with van der Waals surface area (Å²) in [4.78, 5) is 24.4. The molecule has 0 spiro atoms. The zero-order valence-electron chi connectivity index (χ0n) is 10.8. The monoisotopic (exact) mass is 254 g/mol. The molecule has 5 heteroatoms. The molecule has 0 radical (unpaired) electrons. The maximum absolute atomic E-state index is 11.7. The number of hydrogen-bond acceptors (Lipinski definition) is 3. The van der Waals surface area contributed by atoms with Gasteiger partial charge in [-0.3, -0.25) is 9.59 Å². The number of carbonyl (C=O) groups is 2. The molecule has 1 aromatic heterocycles. The lowest BCUT2D eigenvalue weighted by Crippen LogP contribution is -2.18. The van der Waals surface area contributed by atoms with Crippen LogP contribution >= 0.6 is 11.3 Å². The fourth-order valence-corrected chi connectivity index (χ4v) is 2.44. The summed E-state index contributed by atoms with van der Waals surface area (Å²) < 4.78 is 0. The first-order chi connectivity index (χ1) is 7.75. The fraction of sp³-hybridized carbons (Fsp3) is 0.500. The van der Waals surface area contributed by atoms with Gasteiger partial charge in [0, 0.05) is 18.8 Å². The van der Waals surface area contributed by atoms with Gasteiger partial charge >= 0.3 is 0 Å². The van der Waals surface area contributed by atoms with Crippen molar-refractivity contribution in [3.63, 3.8) is 0 Å². The lowest BCUT2D eigenvalue weighted by atomic mass is 9.94. The third-order valence-corrected chi connectivity index (χ3v) is 3.77. The Bertz CT molecular complexity index is 444. The molecule has 0 atom stereocenters. The lowest BCUT2D eigenvalue weighted by Gasteiger charge is -2.15. The first-order valence-corrected chi connectivity index (χ1v) is 6.21. The molecule has 17 heavy (non-hydrogen) atoms. The number of anilines is 1. The zero-order valence-corrected chi connectivity index (χ0v) is 11.6. The molecule has 0 aliphatic heterocycles. The van der Waals surface area contributed by atoms with Crippen LogP contribution in [0.4, 0.5) is 5.69 Å². The van der Waals surface area contributed by atoms with Crippen LogP contribution in [0.25, 0.3) is 0 Å². The van der Waals surface area contributed by atoms with Gasteiger partial charge in [-0.15, -0.1) is 11.3 Å². The predicted octanol–water partition coefficient (Wildman–Crippen LogP) is 2.36. The van der Waals surface area contributed by atoms with Gasteiger partial charge in [0.1, 0.15) is 4.88 Å². The molecule has 0 fully saturated rings. The highest BCUT2D eigenvalue weighted by Crippen LogP contribution is 2.35. The van der Waals surface area contributed by atoms with Gasteiger partial charge in [-0.25, -0.2) is 0 Å². The predicted molar refractivity (Wildman–Crippen MR) is 70.7 cm³/mol. The molecule has 0 unspecified atom stereocenters. The second-order valence-electron chi connectivity index (χ2n) is 4.86. The van der Waals surface area contributed by atoms with Gasteiger partial charge in [0.15, 0.2) is 0 Å². The Balaban J connectivity index is 3.21. The second kappa shape index (κ2) is 4.87. The van der Waals surface area contributed by atoms with Crippen LogP contribution in [-0.2, 0) is 10.2 Å². The van der Waals surface area contributed by atoms with Gasteiger partial charge < -0.3 is 10.6 Å². The van der Waals surface area contributed by atoms with Crippen molar-refractivity contribution in [1.29, 1.82) is 0 Å². The van der Waals surface area contributed by atoms with E-state index in [1.807, 2.05) is 6.07 Å². The molecule has 94 valence electrons. The summed E-state index contributed by atoms with van der Waals surface area (Å²) in [5.74, 6) is -0.345. The SMILES string of the molecule is CNC(=O)c1sc(C(C)(C)C)cc1NC(C)=O. The molecule has 4 nitrogen and oxygen atoms in total. The van der Waals surface area contributed by atoms with E-state index in [1.54, 1.807) is 7.05 Å². The first-order valence-electron chi connectivity index (χ1n) is 5.39. The average Bonchev–Trinajstić information content (AvgIpc) is 2.59. The Morgan fingerprint density at radius 1 is 1.29 bits per heavy atom. The Morgan fingerprint density at radius 2 is 1.88 bits per heavy atom. The highest BCUT2D eigenvalue weighted by molar-refractivity contribution is 7.14. The molecule has 0 aromatic carbocycles. The second-order valence-corrected chi connectivity index (χ2v) is 5.92. The van der Waals surface area contributed by atoms with E-state index in [-0.39, 0.29) is 17.2 Å². The minimum absolute atomic E-state index is 0.0375. The number of thiophene rings is 1. The Hall–Kier alpha value is -1.36. The maximum Gasteiger partial charge on any atom is 0.263 e. The lowest BCUT2D eigenvalue weighted by molar-refractivity contribution is -0.114. The van der Waals surface area contributed by atoms with Gasteiger partial charge in [0.05, 0.1) is 5.69 Å². The molecule has 0 saturated carbocycles. The van der Waals surface area contributed by atoms with Crippen LogP contribution in [0.5, 0.6) is 0 Å². The molecular weight excluding hydrogens is 236 g/mol. The number of hydrogen-bond donors (Lipinski definition) is 2. The van der Waals surface area contributed by atoms with Crippen LogP contribution in [0.1, 0.15) is 42.2 Å². The highest BCUT2D eigenvalue weighted by atomic mass is 32.1. The Labute approximate surface area is 105 Å². The standard InChI is InChI=1S/C12H18N2O2S/c1-7(15)14-8-6-9(12(2,3)4)17-10(8)11(16)13-5/h6H,1-5H3,(H,13,16)(H,14,15). The van der Waals surface area contributed by atoms with Gasteiger partial charge in [-0.1, -0.05) is 20.8 Å². The minimum Gasteiger partial charge on any atom is -0.354 e. The number of carbonyl (C=O) groups excluding carboxylic acids is 2. The smallest absolute Gasteiger partial charge is 0.263 e. The van der Waals surface area contributed by atoms with Crippen LogP contribution in [0.2, 0.25) is 0 Å². The van der Waals surface area contributed by atoms with Crippen molar-refractivity contribution < 1.29 is 9.59 Å². The van der Waals surface area contributed by atoms with E-state index >= 15 is 0 Å². The molecule has 0 bridgehead atoms. The van der Waals surface area contributed by atoms with Crippen LogP contribution in [0.15, 0.2) is 6.07 Å². The van der Waals surface area contributed by atoms with E-state index < -0.39 is 0 Å². The Kier molecular flexibility index (Phi) is 3.93. The summed E-state index contributed by atoms with van der Waals surface area (Å²) in [6.07, 6.45) is 0. The summed E-state index contributed by atoms with van der Waals surface area (Å²) in [6.45, 7) is 7.65. The molecule has 2 N–H and O–H groups in total. The number of rotatable bonds is 2. The Morgan fingerprint density at radius 3 is 2.29 bits per heavy atom. The van der Waals surface area contributed by atoms with E-state index in [9.17, 15) is 9.59 Å². The van der Waals surface area contributed by atoms with Gasteiger partial charge in [-0.2, -0.15) is 0 Å². The molecular formula is C12H18N2O2S. The summed E-state index contributed by atoms with van der Waals surface area (Å²) in [6, 6.07) is 1.87. The van der Waals surface area contributed by atoms with E-state index in [2.05, 4.69) is 31.4 Å². The third-order valence-electron chi connectivity index (χ3n) is 2.22. The molecule has 0 aliphatic rings. The fourth-order valence-electron chi connectivity index (χ4n) is 1.33. The quantitative estimate of drug-likeness (QED) is 0.851. The third kappa shape index (κ3) is 3.30.